The van der Waals surface area contributed by atoms with Crippen molar-refractivity contribution in [1.82, 2.24) is 0 Å². The fourth-order valence-electron chi connectivity index (χ4n) is 3.70. The average molecular weight is 424 g/mol. The molecule has 0 spiro atoms. The van der Waals surface area contributed by atoms with E-state index in [0.29, 0.717) is 39.4 Å². The Morgan fingerprint density at radius 2 is 1.66 bits per heavy atom. The number of nitriles is 1. The number of para-hydroxylation sites is 1. The van der Waals surface area contributed by atoms with Crippen molar-refractivity contribution in [2.45, 2.75) is 6.92 Å². The van der Waals surface area contributed by atoms with E-state index in [-0.39, 0.29) is 12.5 Å². The number of aryl methyl sites for hydroxylation is 1. The van der Waals surface area contributed by atoms with E-state index < -0.39 is 5.91 Å². The molecule has 3 aromatic rings. The minimum atomic E-state index is -0.397. The summed E-state index contributed by atoms with van der Waals surface area (Å²) in [6, 6.07) is 21.5. The first-order valence-corrected chi connectivity index (χ1v) is 9.98. The van der Waals surface area contributed by atoms with Crippen molar-refractivity contribution in [3.05, 3.63) is 89.0 Å². The van der Waals surface area contributed by atoms with Crippen LogP contribution in [0.5, 0.6) is 11.5 Å². The molecule has 4 rings (SSSR count). The first-order valence-electron chi connectivity index (χ1n) is 9.98. The van der Waals surface area contributed by atoms with Crippen LogP contribution in [0.15, 0.2) is 66.7 Å². The van der Waals surface area contributed by atoms with Crippen molar-refractivity contribution in [2.75, 3.05) is 18.6 Å². The Morgan fingerprint density at radius 1 is 0.938 bits per heavy atom. The quantitative estimate of drug-likeness (QED) is 0.441. The van der Waals surface area contributed by atoms with Crippen LogP contribution in [0, 0.1) is 18.3 Å². The van der Waals surface area contributed by atoms with Crippen molar-refractivity contribution in [2.24, 2.45) is 0 Å². The fraction of sp³-hybridized carbons (Fsp3) is 0.115. The lowest BCUT2D eigenvalue weighted by atomic mass is 9.91. The number of carbonyl (C=O) groups is 2. The summed E-state index contributed by atoms with van der Waals surface area (Å²) in [5, 5.41) is 8.75. The number of anilines is 1. The molecular weight excluding hydrogens is 404 g/mol. The molecule has 0 N–H and O–H groups in total. The first kappa shape index (κ1) is 20.9. The van der Waals surface area contributed by atoms with E-state index in [1.165, 1.54) is 12.0 Å². The summed E-state index contributed by atoms with van der Waals surface area (Å²) in [5.74, 6) is 0.128. The molecule has 0 bridgehead atoms. The minimum absolute atomic E-state index is 0.101. The van der Waals surface area contributed by atoms with Gasteiger partial charge in [-0.3, -0.25) is 9.59 Å². The van der Waals surface area contributed by atoms with Crippen LogP contribution in [0.4, 0.5) is 5.69 Å². The molecule has 1 heterocycles. The van der Waals surface area contributed by atoms with Crippen molar-refractivity contribution in [3.63, 3.8) is 0 Å². The maximum atomic E-state index is 13.6. The van der Waals surface area contributed by atoms with Crippen LogP contribution in [0.2, 0.25) is 0 Å². The zero-order valence-electron chi connectivity index (χ0n) is 17.7. The predicted molar refractivity (Wildman–Crippen MR) is 121 cm³/mol. The van der Waals surface area contributed by atoms with Crippen LogP contribution in [-0.4, -0.2) is 25.5 Å². The highest BCUT2D eigenvalue weighted by Crippen LogP contribution is 2.36. The van der Waals surface area contributed by atoms with Gasteiger partial charge in [-0.25, -0.2) is 4.90 Å². The van der Waals surface area contributed by atoms with Gasteiger partial charge in [-0.1, -0.05) is 42.5 Å². The van der Waals surface area contributed by atoms with Crippen LogP contribution in [0.25, 0.3) is 11.6 Å². The normalized spacial score (nSPS) is 14.2. The average Bonchev–Trinajstić information content (AvgIpc) is 2.82. The summed E-state index contributed by atoms with van der Waals surface area (Å²) in [6.07, 6.45) is 1.73. The number of nitrogens with zero attached hydrogens (tertiary/aromatic N) is 2. The third-order valence-electron chi connectivity index (χ3n) is 5.23. The topological polar surface area (TPSA) is 79.6 Å². The van der Waals surface area contributed by atoms with Crippen LogP contribution >= 0.6 is 0 Å². The van der Waals surface area contributed by atoms with E-state index in [0.717, 1.165) is 5.56 Å². The molecule has 0 atom stereocenters. The van der Waals surface area contributed by atoms with Crippen molar-refractivity contribution < 1.29 is 19.1 Å². The maximum absolute atomic E-state index is 13.6. The molecule has 0 radical (unpaired) electrons. The van der Waals surface area contributed by atoms with Crippen LogP contribution in [0.1, 0.15) is 27.0 Å². The van der Waals surface area contributed by atoms with Gasteiger partial charge < -0.3 is 9.47 Å². The minimum Gasteiger partial charge on any atom is -0.493 e. The number of rotatable bonds is 5. The second-order valence-electron chi connectivity index (χ2n) is 7.19. The summed E-state index contributed by atoms with van der Waals surface area (Å²) in [4.78, 5) is 28.0. The molecule has 158 valence electrons. The number of ether oxygens (including phenoxy) is 2. The number of benzene rings is 3. The highest BCUT2D eigenvalue weighted by molar-refractivity contribution is 6.43. The molecule has 6 nitrogen and oxygen atoms in total. The van der Waals surface area contributed by atoms with Gasteiger partial charge in [0.2, 0.25) is 0 Å². The Kier molecular flexibility index (Phi) is 5.73. The number of imide groups is 1. The Balaban J connectivity index is 1.84. The van der Waals surface area contributed by atoms with E-state index in [1.54, 1.807) is 60.7 Å². The SMILES string of the molecule is COc1cc(/C=C2/C(=O)N(c3ccccc3C)C(=O)c3ccccc32)ccc1OCC#N. The van der Waals surface area contributed by atoms with Crippen LogP contribution in [-0.2, 0) is 4.79 Å². The van der Waals surface area contributed by atoms with Gasteiger partial charge in [0.15, 0.2) is 18.1 Å². The molecule has 3 aromatic carbocycles. The van der Waals surface area contributed by atoms with Crippen LogP contribution in [0.3, 0.4) is 0 Å². The van der Waals surface area contributed by atoms with Gasteiger partial charge in [0.1, 0.15) is 6.07 Å². The molecule has 1 aliphatic rings. The van der Waals surface area contributed by atoms with Gasteiger partial charge in [-0.05, 0) is 54.0 Å². The molecule has 6 heteroatoms. The van der Waals surface area contributed by atoms with Gasteiger partial charge in [-0.2, -0.15) is 5.26 Å². The lowest BCUT2D eigenvalue weighted by Crippen LogP contribution is -2.42. The van der Waals surface area contributed by atoms with Crippen molar-refractivity contribution in [3.8, 4) is 17.6 Å². The van der Waals surface area contributed by atoms with Gasteiger partial charge in [0.05, 0.1) is 12.8 Å². The van der Waals surface area contributed by atoms with E-state index in [4.69, 9.17) is 14.7 Å². The zero-order valence-corrected chi connectivity index (χ0v) is 17.7. The highest BCUT2D eigenvalue weighted by atomic mass is 16.5. The number of carbonyl (C=O) groups excluding carboxylic acids is 2. The Morgan fingerprint density at radius 3 is 2.38 bits per heavy atom. The fourth-order valence-corrected chi connectivity index (χ4v) is 3.70. The second kappa shape index (κ2) is 8.78. The molecule has 0 fully saturated rings. The standard InChI is InChI=1S/C26H20N2O4/c1-17-7-3-6-10-22(17)28-25(29)20-9-5-4-8-19(20)21(26(28)30)15-18-11-12-23(32-14-13-27)24(16-18)31-2/h3-12,15-16H,14H2,1-2H3/b21-15+. The third kappa shape index (κ3) is 3.72. The lowest BCUT2D eigenvalue weighted by molar-refractivity contribution is -0.112. The van der Waals surface area contributed by atoms with Gasteiger partial charge in [-0.15, -0.1) is 0 Å². The summed E-state index contributed by atoms with van der Waals surface area (Å²) in [6.45, 7) is 1.76. The van der Waals surface area contributed by atoms with Gasteiger partial charge >= 0.3 is 0 Å². The largest absolute Gasteiger partial charge is 0.493 e. The highest BCUT2D eigenvalue weighted by Gasteiger charge is 2.36. The number of amides is 2. The first-order chi connectivity index (χ1) is 15.5. The molecule has 0 saturated carbocycles. The Bertz CT molecular complexity index is 1290. The lowest BCUT2D eigenvalue weighted by Gasteiger charge is -2.29. The predicted octanol–water partition coefficient (Wildman–Crippen LogP) is 4.63. The van der Waals surface area contributed by atoms with E-state index in [9.17, 15) is 9.59 Å². The van der Waals surface area contributed by atoms with E-state index in [1.807, 2.05) is 25.1 Å². The number of fused-ring (bicyclic) bond motifs is 1. The molecule has 0 aromatic heterocycles. The summed E-state index contributed by atoms with van der Waals surface area (Å²) in [5.41, 5.74) is 3.52. The third-order valence-corrected chi connectivity index (χ3v) is 5.23. The Hall–Kier alpha value is -4.37. The summed E-state index contributed by atoms with van der Waals surface area (Å²) >= 11 is 0. The van der Waals surface area contributed by atoms with E-state index in [2.05, 4.69) is 0 Å². The van der Waals surface area contributed by atoms with Gasteiger partial charge in [0, 0.05) is 11.1 Å². The number of hydrogen-bond donors (Lipinski definition) is 0. The molecule has 1 aliphatic heterocycles. The second-order valence-corrected chi connectivity index (χ2v) is 7.19. The summed E-state index contributed by atoms with van der Waals surface area (Å²) in [7, 11) is 1.51. The van der Waals surface area contributed by atoms with Crippen molar-refractivity contribution >= 4 is 29.2 Å². The number of hydrogen-bond acceptors (Lipinski definition) is 5. The van der Waals surface area contributed by atoms with Crippen LogP contribution < -0.4 is 14.4 Å². The zero-order chi connectivity index (χ0) is 22.7. The van der Waals surface area contributed by atoms with Crippen molar-refractivity contribution in [1.29, 1.82) is 5.26 Å². The smallest absolute Gasteiger partial charge is 0.265 e. The maximum Gasteiger partial charge on any atom is 0.265 e. The molecule has 2 amide bonds. The van der Waals surface area contributed by atoms with Gasteiger partial charge in [0.25, 0.3) is 11.8 Å². The molecule has 0 unspecified atom stereocenters. The Labute approximate surface area is 185 Å². The molecule has 32 heavy (non-hydrogen) atoms. The molecular formula is C26H20N2O4. The molecule has 0 aliphatic carbocycles. The van der Waals surface area contributed by atoms with E-state index >= 15 is 0 Å². The number of methoxy groups -OCH3 is 1. The summed E-state index contributed by atoms with van der Waals surface area (Å²) < 4.78 is 10.8. The molecule has 0 saturated heterocycles. The monoisotopic (exact) mass is 424 g/mol.